The molecular weight excluding hydrogens is 337 g/mol. The summed E-state index contributed by atoms with van der Waals surface area (Å²) in [6.07, 6.45) is -1.23. The van der Waals surface area contributed by atoms with Crippen molar-refractivity contribution >= 4 is 5.96 Å². The van der Waals surface area contributed by atoms with Gasteiger partial charge in [-0.2, -0.15) is 13.2 Å². The molecule has 0 radical (unpaired) electrons. The number of aliphatic imine (C=N–C) groups is 1. The second-order valence-electron chi connectivity index (χ2n) is 5.96. The van der Waals surface area contributed by atoms with Crippen molar-refractivity contribution in [3.05, 3.63) is 23.9 Å². The molecule has 1 aromatic heterocycles. The van der Waals surface area contributed by atoms with E-state index in [4.69, 9.17) is 9.47 Å². The Morgan fingerprint density at radius 2 is 2.24 bits per heavy atom. The van der Waals surface area contributed by atoms with Gasteiger partial charge in [0.15, 0.2) is 5.96 Å². The monoisotopic (exact) mass is 360 g/mol. The van der Waals surface area contributed by atoms with Crippen molar-refractivity contribution in [2.75, 3.05) is 33.4 Å². The van der Waals surface area contributed by atoms with Crippen molar-refractivity contribution in [1.29, 1.82) is 0 Å². The number of nitrogens with zero attached hydrogens (tertiary/aromatic N) is 2. The minimum Gasteiger partial charge on any atom is -0.475 e. The molecule has 0 amide bonds. The number of rotatable bonds is 6. The smallest absolute Gasteiger partial charge is 0.421 e. The van der Waals surface area contributed by atoms with Gasteiger partial charge < -0.3 is 20.1 Å². The maximum atomic E-state index is 12.8. The highest BCUT2D eigenvalue weighted by atomic mass is 19.4. The van der Waals surface area contributed by atoms with E-state index in [0.29, 0.717) is 12.5 Å². The van der Waals surface area contributed by atoms with Gasteiger partial charge in [-0.15, -0.1) is 0 Å². The number of guanidine groups is 1. The molecule has 1 aromatic rings. The summed E-state index contributed by atoms with van der Waals surface area (Å²) in [6.45, 7) is 3.69. The Kier molecular flexibility index (Phi) is 6.46. The zero-order chi connectivity index (χ0) is 18.3. The molecule has 0 bridgehead atoms. The predicted molar refractivity (Wildman–Crippen MR) is 87.7 cm³/mol. The normalized spacial score (nSPS) is 21.2. The molecule has 2 rings (SSSR count). The summed E-state index contributed by atoms with van der Waals surface area (Å²) in [7, 11) is 1.62. The van der Waals surface area contributed by atoms with E-state index in [1.807, 2.05) is 6.92 Å². The summed E-state index contributed by atoms with van der Waals surface area (Å²) in [6, 6.07) is 2.17. The third kappa shape index (κ3) is 5.77. The molecule has 25 heavy (non-hydrogen) atoms. The zero-order valence-corrected chi connectivity index (χ0v) is 14.3. The maximum absolute atomic E-state index is 12.8. The van der Waals surface area contributed by atoms with Crippen molar-refractivity contribution in [2.24, 2.45) is 4.99 Å². The van der Waals surface area contributed by atoms with Gasteiger partial charge in [-0.3, -0.25) is 4.99 Å². The molecule has 9 heteroatoms. The van der Waals surface area contributed by atoms with E-state index in [0.717, 1.165) is 25.5 Å². The van der Waals surface area contributed by atoms with Gasteiger partial charge in [-0.05, 0) is 31.9 Å². The SMILES string of the molecule is CN=C(NCCOc1ncccc1C(F)(F)F)NCC1(C)CCCO1. The van der Waals surface area contributed by atoms with E-state index in [1.165, 1.54) is 12.3 Å². The van der Waals surface area contributed by atoms with Crippen molar-refractivity contribution in [2.45, 2.75) is 31.5 Å². The van der Waals surface area contributed by atoms with Crippen LogP contribution in [0.3, 0.4) is 0 Å². The number of pyridine rings is 1. The predicted octanol–water partition coefficient (Wildman–Crippen LogP) is 2.21. The van der Waals surface area contributed by atoms with Crippen LogP contribution < -0.4 is 15.4 Å². The van der Waals surface area contributed by atoms with Crippen LogP contribution in [0.1, 0.15) is 25.3 Å². The molecule has 2 N–H and O–H groups in total. The molecule has 1 unspecified atom stereocenters. The van der Waals surface area contributed by atoms with Gasteiger partial charge in [0.05, 0.1) is 12.1 Å². The lowest BCUT2D eigenvalue weighted by Crippen LogP contribution is -2.46. The lowest BCUT2D eigenvalue weighted by molar-refractivity contribution is -0.139. The average Bonchev–Trinajstić information content (AvgIpc) is 3.00. The molecule has 2 heterocycles. The third-order valence-corrected chi connectivity index (χ3v) is 3.86. The van der Waals surface area contributed by atoms with E-state index < -0.39 is 17.6 Å². The van der Waals surface area contributed by atoms with Crippen molar-refractivity contribution in [3.63, 3.8) is 0 Å². The first-order chi connectivity index (χ1) is 11.8. The number of hydrogen-bond acceptors (Lipinski definition) is 4. The van der Waals surface area contributed by atoms with Gasteiger partial charge in [0.2, 0.25) is 5.88 Å². The highest BCUT2D eigenvalue weighted by Crippen LogP contribution is 2.34. The second-order valence-corrected chi connectivity index (χ2v) is 5.96. The minimum absolute atomic E-state index is 0.0224. The maximum Gasteiger partial charge on any atom is 0.421 e. The summed E-state index contributed by atoms with van der Waals surface area (Å²) in [5, 5.41) is 6.14. The van der Waals surface area contributed by atoms with E-state index in [-0.39, 0.29) is 18.8 Å². The summed E-state index contributed by atoms with van der Waals surface area (Å²) >= 11 is 0. The Morgan fingerprint density at radius 1 is 1.44 bits per heavy atom. The Balaban J connectivity index is 1.76. The first-order valence-corrected chi connectivity index (χ1v) is 8.07. The summed E-state index contributed by atoms with van der Waals surface area (Å²) in [4.78, 5) is 7.72. The lowest BCUT2D eigenvalue weighted by atomic mass is 10.0. The molecule has 1 aliphatic heterocycles. The zero-order valence-electron chi connectivity index (χ0n) is 14.3. The highest BCUT2D eigenvalue weighted by Gasteiger charge is 2.35. The van der Waals surface area contributed by atoms with Gasteiger partial charge >= 0.3 is 6.18 Å². The molecule has 1 aliphatic rings. The van der Waals surface area contributed by atoms with Crippen molar-refractivity contribution < 1.29 is 22.6 Å². The van der Waals surface area contributed by atoms with Gasteiger partial charge in [0, 0.05) is 26.4 Å². The number of ether oxygens (including phenoxy) is 2. The largest absolute Gasteiger partial charge is 0.475 e. The average molecular weight is 360 g/mol. The van der Waals surface area contributed by atoms with E-state index in [2.05, 4.69) is 20.6 Å². The Labute approximate surface area is 144 Å². The molecule has 6 nitrogen and oxygen atoms in total. The van der Waals surface area contributed by atoms with Gasteiger partial charge in [0.25, 0.3) is 0 Å². The number of hydrogen-bond donors (Lipinski definition) is 2. The number of aromatic nitrogens is 1. The third-order valence-electron chi connectivity index (χ3n) is 3.86. The summed E-state index contributed by atoms with van der Waals surface area (Å²) in [5.41, 5.74) is -1.10. The Morgan fingerprint density at radius 3 is 2.88 bits per heavy atom. The molecular formula is C16H23F3N4O2. The Hall–Kier alpha value is -2.03. The molecule has 1 atom stereocenters. The van der Waals surface area contributed by atoms with Crippen LogP contribution in [0.2, 0.25) is 0 Å². The fourth-order valence-corrected chi connectivity index (χ4v) is 2.51. The van der Waals surface area contributed by atoms with Crippen LogP contribution >= 0.6 is 0 Å². The van der Waals surface area contributed by atoms with Crippen LogP contribution in [0, 0.1) is 0 Å². The number of nitrogens with one attached hydrogen (secondary N) is 2. The number of alkyl halides is 3. The highest BCUT2D eigenvalue weighted by molar-refractivity contribution is 5.79. The first-order valence-electron chi connectivity index (χ1n) is 8.07. The second kappa shape index (κ2) is 8.37. The van der Waals surface area contributed by atoms with Crippen molar-refractivity contribution in [3.8, 4) is 5.88 Å². The van der Waals surface area contributed by atoms with Crippen LogP contribution in [-0.2, 0) is 10.9 Å². The molecule has 0 aliphatic carbocycles. The van der Waals surface area contributed by atoms with Crippen LogP contribution in [0.15, 0.2) is 23.3 Å². The van der Waals surface area contributed by atoms with Gasteiger partial charge in [0.1, 0.15) is 12.2 Å². The van der Waals surface area contributed by atoms with E-state index >= 15 is 0 Å². The van der Waals surface area contributed by atoms with Gasteiger partial charge in [-0.25, -0.2) is 4.98 Å². The van der Waals surface area contributed by atoms with Crippen molar-refractivity contribution in [1.82, 2.24) is 15.6 Å². The number of halogens is 3. The topological polar surface area (TPSA) is 67.8 Å². The van der Waals surface area contributed by atoms with Crippen LogP contribution in [0.5, 0.6) is 5.88 Å². The quantitative estimate of drug-likeness (QED) is 0.463. The minimum atomic E-state index is -4.49. The Bertz CT molecular complexity index is 587. The van der Waals surface area contributed by atoms with Crippen LogP contribution in [-0.4, -0.2) is 49.9 Å². The summed E-state index contributed by atoms with van der Waals surface area (Å²) in [5.74, 6) is 0.115. The summed E-state index contributed by atoms with van der Waals surface area (Å²) < 4.78 is 49.4. The lowest BCUT2D eigenvalue weighted by Gasteiger charge is -2.24. The van der Waals surface area contributed by atoms with Crippen LogP contribution in [0.4, 0.5) is 13.2 Å². The van der Waals surface area contributed by atoms with E-state index in [9.17, 15) is 13.2 Å². The molecule has 1 fully saturated rings. The fourth-order valence-electron chi connectivity index (χ4n) is 2.51. The standard InChI is InChI=1S/C16H23F3N4O2/c1-15(6-4-9-25-15)11-23-14(20-2)22-8-10-24-13-12(16(17,18)19)5-3-7-21-13/h3,5,7H,4,6,8-11H2,1-2H3,(H2,20,22,23). The van der Waals surface area contributed by atoms with Gasteiger partial charge in [-0.1, -0.05) is 0 Å². The molecule has 0 spiro atoms. The molecule has 140 valence electrons. The molecule has 1 saturated heterocycles. The molecule has 0 saturated carbocycles. The fraction of sp³-hybridized carbons (Fsp3) is 0.625. The first kappa shape index (κ1) is 19.3. The van der Waals surface area contributed by atoms with Crippen LogP contribution in [0.25, 0.3) is 0 Å². The van der Waals surface area contributed by atoms with E-state index in [1.54, 1.807) is 7.05 Å². The molecule has 0 aromatic carbocycles.